The first-order valence-corrected chi connectivity index (χ1v) is 10.2. The molecule has 30 heavy (non-hydrogen) atoms. The molecule has 0 saturated carbocycles. The summed E-state index contributed by atoms with van der Waals surface area (Å²) in [6.07, 6.45) is -1.33. The topological polar surface area (TPSA) is 39.7 Å². The van der Waals surface area contributed by atoms with E-state index < -0.39 is 11.7 Å². The zero-order valence-electron chi connectivity index (χ0n) is 16.9. The fraction of sp³-hybridized carbons (Fsp3) is 0.455. The van der Waals surface area contributed by atoms with Crippen LogP contribution in [0, 0.1) is 5.92 Å². The van der Waals surface area contributed by atoms with E-state index in [1.165, 1.54) is 12.1 Å². The van der Waals surface area contributed by atoms with Gasteiger partial charge < -0.3 is 14.7 Å². The van der Waals surface area contributed by atoms with Gasteiger partial charge >= 0.3 is 6.18 Å². The van der Waals surface area contributed by atoms with Crippen molar-refractivity contribution in [1.82, 2.24) is 9.88 Å². The number of pyridine rings is 1. The molecule has 1 atom stereocenters. The minimum Gasteiger partial charge on any atom is -0.354 e. The number of hydrogen-bond acceptors (Lipinski definition) is 4. The number of rotatable bonds is 4. The molecule has 8 heteroatoms. The summed E-state index contributed by atoms with van der Waals surface area (Å²) < 4.78 is 38.4. The van der Waals surface area contributed by atoms with Crippen molar-refractivity contribution in [2.75, 3.05) is 49.6 Å². The number of likely N-dealkylation sites (N-methyl/N-ethyl adjacent to an activating group) is 1. The lowest BCUT2D eigenvalue weighted by atomic mass is 9.98. The lowest BCUT2D eigenvalue weighted by Crippen LogP contribution is -2.45. The molecule has 0 radical (unpaired) electrons. The van der Waals surface area contributed by atoms with Gasteiger partial charge in [0.05, 0.1) is 5.56 Å². The number of anilines is 2. The monoisotopic (exact) mass is 418 g/mol. The van der Waals surface area contributed by atoms with Crippen molar-refractivity contribution in [1.29, 1.82) is 0 Å². The number of aromatic nitrogens is 1. The molecular weight excluding hydrogens is 393 g/mol. The Kier molecular flexibility index (Phi) is 5.69. The standard InChI is InChI=1S/C22H25F3N4O/c1-27-11-13-28(14-12-27)20-16(3-2-9-26-20)15-17-8-10-29(21(17)30)19-6-4-18(5-7-19)22(23,24)25/h2-7,9,17H,8,10-15H2,1H3. The number of piperazine rings is 1. The molecule has 0 aliphatic carbocycles. The Balaban J connectivity index is 1.46. The zero-order chi connectivity index (χ0) is 21.3. The Morgan fingerprint density at radius 3 is 2.40 bits per heavy atom. The third-order valence-electron chi connectivity index (χ3n) is 5.96. The van der Waals surface area contributed by atoms with Crippen LogP contribution in [0.2, 0.25) is 0 Å². The Labute approximate surface area is 174 Å². The highest BCUT2D eigenvalue weighted by atomic mass is 19.4. The minimum absolute atomic E-state index is 0.0389. The molecule has 1 unspecified atom stereocenters. The van der Waals surface area contributed by atoms with Gasteiger partial charge in [-0.1, -0.05) is 6.07 Å². The third-order valence-corrected chi connectivity index (χ3v) is 5.96. The summed E-state index contributed by atoms with van der Waals surface area (Å²) in [5, 5.41) is 0. The van der Waals surface area contributed by atoms with E-state index in [2.05, 4.69) is 21.8 Å². The van der Waals surface area contributed by atoms with Crippen LogP contribution in [0.25, 0.3) is 0 Å². The summed E-state index contributed by atoms with van der Waals surface area (Å²) in [6, 6.07) is 8.73. The van der Waals surface area contributed by atoms with E-state index in [0.29, 0.717) is 25.1 Å². The van der Waals surface area contributed by atoms with E-state index in [1.54, 1.807) is 11.1 Å². The number of benzene rings is 1. The summed E-state index contributed by atoms with van der Waals surface area (Å²) in [7, 11) is 2.10. The number of hydrogen-bond donors (Lipinski definition) is 0. The van der Waals surface area contributed by atoms with Gasteiger partial charge in [0, 0.05) is 50.5 Å². The van der Waals surface area contributed by atoms with Crippen LogP contribution in [-0.4, -0.2) is 55.6 Å². The maximum Gasteiger partial charge on any atom is 0.416 e. The predicted octanol–water partition coefficient (Wildman–Crippen LogP) is 3.45. The third kappa shape index (κ3) is 4.28. The molecule has 2 saturated heterocycles. The number of carbonyl (C=O) groups excluding carboxylic acids is 1. The van der Waals surface area contributed by atoms with Crippen LogP contribution in [0.15, 0.2) is 42.6 Å². The molecule has 2 fully saturated rings. The van der Waals surface area contributed by atoms with Crippen LogP contribution in [0.4, 0.5) is 24.7 Å². The summed E-state index contributed by atoms with van der Waals surface area (Å²) in [6.45, 7) is 4.26. The smallest absolute Gasteiger partial charge is 0.354 e. The van der Waals surface area contributed by atoms with Gasteiger partial charge in [-0.05, 0) is 55.8 Å². The van der Waals surface area contributed by atoms with Crippen LogP contribution >= 0.6 is 0 Å². The second-order valence-electron chi connectivity index (χ2n) is 8.00. The van der Waals surface area contributed by atoms with Gasteiger partial charge in [-0.2, -0.15) is 13.2 Å². The highest BCUT2D eigenvalue weighted by Crippen LogP contribution is 2.33. The average molecular weight is 418 g/mol. The second-order valence-corrected chi connectivity index (χ2v) is 8.00. The summed E-state index contributed by atoms with van der Waals surface area (Å²) in [5.41, 5.74) is 0.859. The van der Waals surface area contributed by atoms with Gasteiger partial charge in [-0.25, -0.2) is 4.98 Å². The van der Waals surface area contributed by atoms with Crippen molar-refractivity contribution in [2.24, 2.45) is 5.92 Å². The normalized spacial score (nSPS) is 20.8. The van der Waals surface area contributed by atoms with Gasteiger partial charge in [-0.3, -0.25) is 4.79 Å². The Hall–Kier alpha value is -2.61. The van der Waals surface area contributed by atoms with Gasteiger partial charge in [0.15, 0.2) is 0 Å². The minimum atomic E-state index is -4.38. The summed E-state index contributed by atoms with van der Waals surface area (Å²) in [5.74, 6) is 0.706. The molecule has 0 spiro atoms. The first-order valence-electron chi connectivity index (χ1n) is 10.2. The molecule has 160 valence electrons. The van der Waals surface area contributed by atoms with Crippen molar-refractivity contribution in [3.63, 3.8) is 0 Å². The molecule has 2 aromatic rings. The highest BCUT2D eigenvalue weighted by Gasteiger charge is 2.35. The lowest BCUT2D eigenvalue weighted by molar-refractivity contribution is -0.137. The molecule has 0 N–H and O–H groups in total. The van der Waals surface area contributed by atoms with Gasteiger partial charge in [0.2, 0.25) is 5.91 Å². The molecule has 2 aliphatic rings. The lowest BCUT2D eigenvalue weighted by Gasteiger charge is -2.34. The molecule has 2 aliphatic heterocycles. The van der Waals surface area contributed by atoms with Crippen LogP contribution < -0.4 is 9.80 Å². The van der Waals surface area contributed by atoms with Crippen molar-refractivity contribution in [3.8, 4) is 0 Å². The maximum atomic E-state index is 13.0. The highest BCUT2D eigenvalue weighted by molar-refractivity contribution is 5.97. The van der Waals surface area contributed by atoms with Crippen molar-refractivity contribution in [3.05, 3.63) is 53.7 Å². The van der Waals surface area contributed by atoms with Gasteiger partial charge in [0.1, 0.15) is 5.82 Å². The predicted molar refractivity (Wildman–Crippen MR) is 110 cm³/mol. The number of halogens is 3. The van der Waals surface area contributed by atoms with E-state index in [4.69, 9.17) is 0 Å². The second kappa shape index (κ2) is 8.26. The molecule has 1 aromatic heterocycles. The fourth-order valence-corrected chi connectivity index (χ4v) is 4.17. The van der Waals surface area contributed by atoms with E-state index >= 15 is 0 Å². The molecular formula is C22H25F3N4O. The SMILES string of the molecule is CN1CCN(c2ncccc2CC2CCN(c3ccc(C(F)(F)F)cc3)C2=O)CC1. The molecule has 5 nitrogen and oxygen atoms in total. The first kappa shape index (κ1) is 20.7. The largest absolute Gasteiger partial charge is 0.416 e. The van der Waals surface area contributed by atoms with Crippen LogP contribution in [-0.2, 0) is 17.4 Å². The van der Waals surface area contributed by atoms with Crippen molar-refractivity contribution >= 4 is 17.4 Å². The molecule has 1 amide bonds. The van der Waals surface area contributed by atoms with Crippen molar-refractivity contribution < 1.29 is 18.0 Å². The summed E-state index contributed by atoms with van der Waals surface area (Å²) >= 11 is 0. The Bertz CT molecular complexity index is 892. The summed E-state index contributed by atoms with van der Waals surface area (Å²) in [4.78, 5) is 23.7. The number of nitrogens with zero attached hydrogens (tertiary/aromatic N) is 4. The van der Waals surface area contributed by atoms with Gasteiger partial charge in [-0.15, -0.1) is 0 Å². The van der Waals surface area contributed by atoms with E-state index in [1.807, 2.05) is 12.1 Å². The Morgan fingerprint density at radius 1 is 1.03 bits per heavy atom. The Morgan fingerprint density at radius 2 is 1.73 bits per heavy atom. The van der Waals surface area contributed by atoms with Crippen LogP contribution in [0.1, 0.15) is 17.5 Å². The molecule has 3 heterocycles. The fourth-order valence-electron chi connectivity index (χ4n) is 4.17. The number of alkyl halides is 3. The molecule has 1 aromatic carbocycles. The maximum absolute atomic E-state index is 13.0. The van der Waals surface area contributed by atoms with Crippen molar-refractivity contribution in [2.45, 2.75) is 19.0 Å². The quantitative estimate of drug-likeness (QED) is 0.763. The first-order chi connectivity index (χ1) is 14.3. The number of carbonyl (C=O) groups is 1. The zero-order valence-corrected chi connectivity index (χ0v) is 16.9. The van der Waals surface area contributed by atoms with Gasteiger partial charge in [0.25, 0.3) is 0 Å². The molecule has 0 bridgehead atoms. The number of amides is 1. The van der Waals surface area contributed by atoms with Crippen LogP contribution in [0.5, 0.6) is 0 Å². The molecule has 4 rings (SSSR count). The van der Waals surface area contributed by atoms with Crippen LogP contribution in [0.3, 0.4) is 0 Å². The van der Waals surface area contributed by atoms with E-state index in [-0.39, 0.29) is 11.8 Å². The van der Waals surface area contributed by atoms with E-state index in [9.17, 15) is 18.0 Å². The van der Waals surface area contributed by atoms with E-state index in [0.717, 1.165) is 49.7 Å². The average Bonchev–Trinajstić information content (AvgIpc) is 3.09.